The minimum absolute atomic E-state index is 0.277. The Hall–Kier alpha value is -3.19. The van der Waals surface area contributed by atoms with E-state index in [-0.39, 0.29) is 5.82 Å². The molecule has 2 aromatic heterocycles. The molecule has 0 saturated heterocycles. The molecule has 1 N–H and O–H groups in total. The smallest absolute Gasteiger partial charge is 0.212 e. The topological polar surface area (TPSA) is 51.5 Å². The molecule has 2 aromatic carbocycles. The number of hydrogen-bond donors (Lipinski definition) is 1. The normalized spacial score (nSPS) is 10.9. The van der Waals surface area contributed by atoms with E-state index in [0.29, 0.717) is 21.9 Å². The van der Waals surface area contributed by atoms with Crippen molar-refractivity contribution in [3.8, 4) is 33.9 Å². The number of H-pyrrole nitrogens is 1. The van der Waals surface area contributed by atoms with Gasteiger partial charge < -0.3 is 14.5 Å². The lowest BCUT2D eigenvalue weighted by Gasteiger charge is -2.10. The molecule has 4 aromatic rings. The molecule has 0 spiro atoms. The minimum Gasteiger partial charge on any atom is -0.493 e. The van der Waals surface area contributed by atoms with E-state index in [1.165, 1.54) is 12.1 Å². The Bertz CT molecular complexity index is 1180. The van der Waals surface area contributed by atoms with Crippen LogP contribution in [-0.2, 0) is 0 Å². The molecule has 0 saturated carbocycles. The highest BCUT2D eigenvalue weighted by Crippen LogP contribution is 2.33. The molecule has 0 unspecified atom stereocenters. The average molecular weight is 381 g/mol. The molecule has 0 atom stereocenters. The Morgan fingerprint density at radius 1 is 1.00 bits per heavy atom. The second kappa shape index (κ2) is 6.85. The molecule has 136 valence electrons. The first-order valence-electron chi connectivity index (χ1n) is 8.19. The van der Waals surface area contributed by atoms with Crippen molar-refractivity contribution in [1.82, 2.24) is 14.4 Å². The average Bonchev–Trinajstić information content (AvgIpc) is 3.13. The number of ether oxygens (including phenoxy) is 2. The number of aromatic nitrogens is 3. The maximum atomic E-state index is 13.2. The van der Waals surface area contributed by atoms with Gasteiger partial charge in [-0.15, -0.1) is 0 Å². The number of nitrogens with one attached hydrogen (secondary N) is 1. The second-order valence-corrected chi connectivity index (χ2v) is 6.30. The lowest BCUT2D eigenvalue weighted by atomic mass is 10.1. The van der Waals surface area contributed by atoms with E-state index in [9.17, 15) is 4.39 Å². The van der Waals surface area contributed by atoms with Crippen molar-refractivity contribution in [2.45, 2.75) is 0 Å². The minimum atomic E-state index is -0.277. The summed E-state index contributed by atoms with van der Waals surface area (Å²) in [5, 5.41) is 0. The van der Waals surface area contributed by atoms with Crippen molar-refractivity contribution in [2.24, 2.45) is 0 Å². The molecule has 0 radical (unpaired) electrons. The zero-order chi connectivity index (χ0) is 19.0. The van der Waals surface area contributed by atoms with Gasteiger partial charge >= 0.3 is 0 Å². The SMILES string of the molecule is COc1ccc(-c2cnc3[nH]c(-c4ccc(F)cc4)cn3c2=S)cc1OC. The van der Waals surface area contributed by atoms with Gasteiger partial charge in [-0.1, -0.05) is 18.3 Å². The summed E-state index contributed by atoms with van der Waals surface area (Å²) in [6.45, 7) is 0. The molecular weight excluding hydrogens is 365 g/mol. The van der Waals surface area contributed by atoms with Crippen LogP contribution in [0.3, 0.4) is 0 Å². The number of fused-ring (bicyclic) bond motifs is 1. The third-order valence-corrected chi connectivity index (χ3v) is 4.76. The van der Waals surface area contributed by atoms with Crippen LogP contribution >= 0.6 is 12.2 Å². The summed E-state index contributed by atoms with van der Waals surface area (Å²) >= 11 is 5.67. The molecule has 7 heteroatoms. The molecule has 27 heavy (non-hydrogen) atoms. The van der Waals surface area contributed by atoms with Crippen LogP contribution in [0.2, 0.25) is 0 Å². The fraction of sp³-hybridized carbons (Fsp3) is 0.100. The van der Waals surface area contributed by atoms with Crippen LogP contribution in [0.25, 0.3) is 28.2 Å². The Morgan fingerprint density at radius 2 is 1.70 bits per heavy atom. The number of methoxy groups -OCH3 is 2. The van der Waals surface area contributed by atoms with Gasteiger partial charge in [-0.05, 0) is 47.5 Å². The number of aromatic amines is 1. The second-order valence-electron chi connectivity index (χ2n) is 5.92. The molecular formula is C20H16FN3O2S. The van der Waals surface area contributed by atoms with Crippen LogP contribution in [0.1, 0.15) is 0 Å². The van der Waals surface area contributed by atoms with Crippen LogP contribution in [0.5, 0.6) is 11.5 Å². The van der Waals surface area contributed by atoms with Crippen molar-refractivity contribution in [1.29, 1.82) is 0 Å². The molecule has 4 rings (SSSR count). The molecule has 0 aliphatic heterocycles. The summed E-state index contributed by atoms with van der Waals surface area (Å²) in [4.78, 5) is 7.68. The van der Waals surface area contributed by atoms with Crippen molar-refractivity contribution in [2.75, 3.05) is 14.2 Å². The van der Waals surface area contributed by atoms with Crippen LogP contribution < -0.4 is 9.47 Å². The summed E-state index contributed by atoms with van der Waals surface area (Å²) in [7, 11) is 3.18. The van der Waals surface area contributed by atoms with Gasteiger partial charge in [-0.2, -0.15) is 0 Å². The number of rotatable bonds is 4. The van der Waals surface area contributed by atoms with E-state index in [1.54, 1.807) is 36.9 Å². The summed E-state index contributed by atoms with van der Waals surface area (Å²) in [5.74, 6) is 1.61. The highest BCUT2D eigenvalue weighted by Gasteiger charge is 2.11. The van der Waals surface area contributed by atoms with Crippen LogP contribution in [0.4, 0.5) is 4.39 Å². The molecule has 0 fully saturated rings. The zero-order valence-corrected chi connectivity index (χ0v) is 15.5. The first-order chi connectivity index (χ1) is 13.1. The number of halogens is 1. The van der Waals surface area contributed by atoms with Gasteiger partial charge in [-0.25, -0.2) is 9.37 Å². The number of nitrogens with zero attached hydrogens (tertiary/aromatic N) is 2. The number of imidazole rings is 1. The quantitative estimate of drug-likeness (QED) is 0.512. The molecule has 0 aliphatic carbocycles. The third kappa shape index (κ3) is 3.06. The van der Waals surface area contributed by atoms with Crippen LogP contribution in [0.15, 0.2) is 54.9 Å². The van der Waals surface area contributed by atoms with Crippen molar-refractivity contribution in [3.05, 3.63) is 65.3 Å². The zero-order valence-electron chi connectivity index (χ0n) is 14.7. The highest BCUT2D eigenvalue weighted by molar-refractivity contribution is 7.71. The van der Waals surface area contributed by atoms with Gasteiger partial charge in [-0.3, -0.25) is 4.40 Å². The Balaban J connectivity index is 1.83. The first-order valence-corrected chi connectivity index (χ1v) is 8.60. The fourth-order valence-electron chi connectivity index (χ4n) is 2.94. The van der Waals surface area contributed by atoms with Gasteiger partial charge in [0.05, 0.1) is 19.9 Å². The highest BCUT2D eigenvalue weighted by atomic mass is 32.1. The van der Waals surface area contributed by atoms with E-state index in [4.69, 9.17) is 21.7 Å². The molecule has 2 heterocycles. The molecule has 0 amide bonds. The maximum Gasteiger partial charge on any atom is 0.212 e. The van der Waals surface area contributed by atoms with Crippen molar-refractivity contribution >= 4 is 18.0 Å². The Morgan fingerprint density at radius 3 is 2.41 bits per heavy atom. The van der Waals surface area contributed by atoms with E-state index in [1.807, 2.05) is 24.4 Å². The number of benzene rings is 2. The van der Waals surface area contributed by atoms with Gasteiger partial charge in [0.15, 0.2) is 11.5 Å². The summed E-state index contributed by atoms with van der Waals surface area (Å²) in [6, 6.07) is 11.9. The lowest BCUT2D eigenvalue weighted by molar-refractivity contribution is 0.355. The van der Waals surface area contributed by atoms with Crippen molar-refractivity contribution < 1.29 is 13.9 Å². The van der Waals surface area contributed by atoms with Gasteiger partial charge in [0.2, 0.25) is 5.78 Å². The number of hydrogen-bond acceptors (Lipinski definition) is 4. The van der Waals surface area contributed by atoms with Crippen LogP contribution in [0, 0.1) is 10.5 Å². The van der Waals surface area contributed by atoms with E-state index >= 15 is 0 Å². The molecule has 5 nitrogen and oxygen atoms in total. The summed E-state index contributed by atoms with van der Waals surface area (Å²) < 4.78 is 26.2. The monoisotopic (exact) mass is 381 g/mol. The van der Waals surface area contributed by atoms with Gasteiger partial charge in [0, 0.05) is 18.0 Å². The van der Waals surface area contributed by atoms with E-state index in [0.717, 1.165) is 22.4 Å². The molecule has 0 aliphatic rings. The van der Waals surface area contributed by atoms with Gasteiger partial charge in [0.25, 0.3) is 0 Å². The largest absolute Gasteiger partial charge is 0.493 e. The predicted octanol–water partition coefficient (Wildman–Crippen LogP) is 4.88. The van der Waals surface area contributed by atoms with E-state index < -0.39 is 0 Å². The van der Waals surface area contributed by atoms with Gasteiger partial charge in [0.1, 0.15) is 10.5 Å². The predicted molar refractivity (Wildman–Crippen MR) is 104 cm³/mol. The third-order valence-electron chi connectivity index (χ3n) is 4.35. The summed E-state index contributed by atoms with van der Waals surface area (Å²) in [5.41, 5.74) is 3.33. The van der Waals surface area contributed by atoms with E-state index in [2.05, 4.69) is 9.97 Å². The standard InChI is InChI=1S/C20H16FN3O2S/c1-25-17-8-5-13(9-18(17)26-2)15-10-22-20-23-16(11-24(20)19(15)27)12-3-6-14(21)7-4-12/h3-11H,1-2H3,(H,22,23). The fourth-order valence-corrected chi connectivity index (χ4v) is 3.25. The van der Waals surface area contributed by atoms with Crippen LogP contribution in [-0.4, -0.2) is 28.6 Å². The Labute approximate surface area is 160 Å². The lowest BCUT2D eigenvalue weighted by Crippen LogP contribution is -1.94. The Kier molecular flexibility index (Phi) is 4.37. The first kappa shape index (κ1) is 17.2. The maximum absolute atomic E-state index is 13.2. The van der Waals surface area contributed by atoms with Crippen molar-refractivity contribution in [3.63, 3.8) is 0 Å². The summed E-state index contributed by atoms with van der Waals surface area (Å²) in [6.07, 6.45) is 3.59. The molecule has 0 bridgehead atoms.